The minimum Gasteiger partial charge on any atom is -0.494 e. The third-order valence-corrected chi connectivity index (χ3v) is 5.50. The van der Waals surface area contributed by atoms with Gasteiger partial charge >= 0.3 is 5.97 Å². The Bertz CT molecular complexity index is 909. The fourth-order valence-corrected chi connectivity index (χ4v) is 3.93. The molecular weight excluding hydrogens is 394 g/mol. The molecule has 29 heavy (non-hydrogen) atoms. The fourth-order valence-electron chi connectivity index (χ4n) is 3.07. The van der Waals surface area contributed by atoms with Crippen molar-refractivity contribution in [3.8, 4) is 5.75 Å². The third-order valence-electron chi connectivity index (χ3n) is 4.44. The van der Waals surface area contributed by atoms with Gasteiger partial charge in [0.25, 0.3) is 0 Å². The van der Waals surface area contributed by atoms with Crippen LogP contribution in [0.4, 0.5) is 10.8 Å². The Morgan fingerprint density at radius 2 is 1.97 bits per heavy atom. The number of rotatable bonds is 7. The Balaban J connectivity index is 1.64. The van der Waals surface area contributed by atoms with Crippen LogP contribution in [0.5, 0.6) is 5.75 Å². The van der Waals surface area contributed by atoms with Gasteiger partial charge < -0.3 is 19.7 Å². The molecule has 1 saturated heterocycles. The molecule has 1 aromatic carbocycles. The van der Waals surface area contributed by atoms with Gasteiger partial charge in [0.05, 0.1) is 24.8 Å². The molecule has 9 heteroatoms. The summed E-state index contributed by atoms with van der Waals surface area (Å²) >= 11 is 1.07. The van der Waals surface area contributed by atoms with E-state index in [2.05, 4.69) is 10.3 Å². The Morgan fingerprint density at radius 3 is 2.62 bits per heavy atom. The summed E-state index contributed by atoms with van der Waals surface area (Å²) in [6.07, 6.45) is 0.119. The van der Waals surface area contributed by atoms with E-state index < -0.39 is 11.9 Å². The summed E-state index contributed by atoms with van der Waals surface area (Å²) in [5, 5.41) is 3.04. The van der Waals surface area contributed by atoms with Gasteiger partial charge in [0.15, 0.2) is 5.13 Å². The zero-order valence-electron chi connectivity index (χ0n) is 16.6. The molecule has 1 aliphatic heterocycles. The summed E-state index contributed by atoms with van der Waals surface area (Å²) in [4.78, 5) is 43.1. The normalized spacial score (nSPS) is 16.0. The lowest BCUT2D eigenvalue weighted by Crippen LogP contribution is -2.28. The number of esters is 1. The van der Waals surface area contributed by atoms with Gasteiger partial charge in [0.2, 0.25) is 11.8 Å². The Morgan fingerprint density at radius 1 is 1.24 bits per heavy atom. The third kappa shape index (κ3) is 4.73. The molecule has 1 atom stereocenters. The molecule has 154 valence electrons. The molecule has 0 unspecified atom stereocenters. The minimum absolute atomic E-state index is 0.114. The van der Waals surface area contributed by atoms with Crippen molar-refractivity contribution in [3.63, 3.8) is 0 Å². The van der Waals surface area contributed by atoms with E-state index in [9.17, 15) is 14.4 Å². The van der Waals surface area contributed by atoms with Crippen molar-refractivity contribution in [1.82, 2.24) is 4.98 Å². The predicted molar refractivity (Wildman–Crippen MR) is 110 cm³/mol. The lowest BCUT2D eigenvalue weighted by Gasteiger charge is -2.17. The summed E-state index contributed by atoms with van der Waals surface area (Å²) in [5.41, 5.74) is 1.23. The van der Waals surface area contributed by atoms with E-state index in [1.165, 1.54) is 0 Å². The number of ether oxygens (including phenoxy) is 2. The van der Waals surface area contributed by atoms with Gasteiger partial charge in [-0.2, -0.15) is 0 Å². The van der Waals surface area contributed by atoms with Crippen LogP contribution in [0.15, 0.2) is 24.3 Å². The van der Waals surface area contributed by atoms with Crippen LogP contribution in [0.2, 0.25) is 0 Å². The largest absolute Gasteiger partial charge is 0.494 e. The number of benzene rings is 1. The number of anilines is 2. The van der Waals surface area contributed by atoms with Gasteiger partial charge in [0, 0.05) is 18.7 Å². The highest BCUT2D eigenvalue weighted by atomic mass is 32.1. The smallest absolute Gasteiger partial charge is 0.350 e. The number of nitrogens with zero attached hydrogens (tertiary/aromatic N) is 2. The van der Waals surface area contributed by atoms with Crippen molar-refractivity contribution in [3.05, 3.63) is 34.8 Å². The fraction of sp³-hybridized carbons (Fsp3) is 0.400. The molecule has 1 aliphatic rings. The molecule has 1 fully saturated rings. The molecule has 8 nitrogen and oxygen atoms in total. The van der Waals surface area contributed by atoms with Crippen LogP contribution < -0.4 is 15.0 Å². The van der Waals surface area contributed by atoms with Crippen LogP contribution in [0, 0.1) is 12.8 Å². The highest BCUT2D eigenvalue weighted by molar-refractivity contribution is 7.17. The van der Waals surface area contributed by atoms with Crippen LogP contribution in [-0.4, -0.2) is 42.5 Å². The summed E-state index contributed by atoms with van der Waals surface area (Å²) in [6, 6.07) is 7.21. The van der Waals surface area contributed by atoms with Gasteiger partial charge in [-0.25, -0.2) is 9.78 Å². The topological polar surface area (TPSA) is 97.8 Å². The number of aryl methyl sites for hydroxylation is 1. The van der Waals surface area contributed by atoms with E-state index in [1.807, 2.05) is 6.92 Å². The summed E-state index contributed by atoms with van der Waals surface area (Å²) in [6.45, 7) is 6.44. The molecule has 0 spiro atoms. The van der Waals surface area contributed by atoms with Gasteiger partial charge in [0.1, 0.15) is 10.6 Å². The van der Waals surface area contributed by atoms with Crippen molar-refractivity contribution in [2.24, 2.45) is 5.92 Å². The van der Waals surface area contributed by atoms with E-state index >= 15 is 0 Å². The number of thiazole rings is 1. The van der Waals surface area contributed by atoms with Crippen molar-refractivity contribution in [1.29, 1.82) is 0 Å². The number of amides is 2. The van der Waals surface area contributed by atoms with E-state index in [4.69, 9.17) is 9.47 Å². The second-order valence-electron chi connectivity index (χ2n) is 6.48. The molecule has 2 heterocycles. The molecule has 1 aromatic heterocycles. The highest BCUT2D eigenvalue weighted by Crippen LogP contribution is 2.29. The van der Waals surface area contributed by atoms with Crippen molar-refractivity contribution in [2.75, 3.05) is 30.0 Å². The first-order valence-corrected chi connectivity index (χ1v) is 10.2. The zero-order chi connectivity index (χ0) is 21.0. The quantitative estimate of drug-likeness (QED) is 0.696. The van der Waals surface area contributed by atoms with Crippen LogP contribution >= 0.6 is 11.3 Å². The first-order valence-electron chi connectivity index (χ1n) is 9.41. The maximum Gasteiger partial charge on any atom is 0.350 e. The van der Waals surface area contributed by atoms with Crippen molar-refractivity contribution in [2.45, 2.75) is 27.2 Å². The maximum absolute atomic E-state index is 12.6. The molecule has 0 bridgehead atoms. The number of nitrogens with one attached hydrogen (secondary N) is 1. The monoisotopic (exact) mass is 417 g/mol. The number of hydrogen-bond acceptors (Lipinski definition) is 7. The lowest BCUT2D eigenvalue weighted by molar-refractivity contribution is -0.122. The molecule has 2 aromatic rings. The zero-order valence-corrected chi connectivity index (χ0v) is 17.4. The minimum atomic E-state index is -0.496. The molecule has 0 aliphatic carbocycles. The molecule has 2 amide bonds. The molecule has 0 radical (unpaired) electrons. The predicted octanol–water partition coefficient (Wildman–Crippen LogP) is 3.02. The summed E-state index contributed by atoms with van der Waals surface area (Å²) < 4.78 is 10.4. The van der Waals surface area contributed by atoms with Crippen LogP contribution in [0.3, 0.4) is 0 Å². The van der Waals surface area contributed by atoms with Gasteiger partial charge in [-0.3, -0.25) is 9.59 Å². The Labute approximate surface area is 172 Å². The van der Waals surface area contributed by atoms with Crippen LogP contribution in [-0.2, 0) is 14.3 Å². The van der Waals surface area contributed by atoms with Crippen molar-refractivity contribution < 1.29 is 23.9 Å². The molecule has 0 saturated carbocycles. The highest BCUT2D eigenvalue weighted by Gasteiger charge is 2.35. The average Bonchev–Trinajstić information content (AvgIpc) is 3.25. The number of carbonyl (C=O) groups is 3. The lowest BCUT2D eigenvalue weighted by atomic mass is 10.1. The Kier molecular flexibility index (Phi) is 6.48. The van der Waals surface area contributed by atoms with Crippen LogP contribution in [0.1, 0.15) is 35.6 Å². The number of aromatic nitrogens is 1. The van der Waals surface area contributed by atoms with Gasteiger partial charge in [-0.05, 0) is 45.0 Å². The second kappa shape index (κ2) is 9.04. The molecule has 3 rings (SSSR count). The van der Waals surface area contributed by atoms with Crippen LogP contribution in [0.25, 0.3) is 0 Å². The van der Waals surface area contributed by atoms with E-state index in [1.54, 1.807) is 43.0 Å². The van der Waals surface area contributed by atoms with E-state index in [0.29, 0.717) is 22.3 Å². The van der Waals surface area contributed by atoms with Gasteiger partial charge in [-0.15, -0.1) is 0 Å². The summed E-state index contributed by atoms with van der Waals surface area (Å²) in [7, 11) is 0. The first kappa shape index (κ1) is 20.8. The molecule has 1 N–H and O–H groups in total. The van der Waals surface area contributed by atoms with E-state index in [-0.39, 0.29) is 31.4 Å². The first-order chi connectivity index (χ1) is 13.9. The average molecular weight is 417 g/mol. The van der Waals surface area contributed by atoms with E-state index in [0.717, 1.165) is 22.8 Å². The molecular formula is C20H23N3O5S. The van der Waals surface area contributed by atoms with Crippen molar-refractivity contribution >= 4 is 39.9 Å². The second-order valence-corrected chi connectivity index (χ2v) is 7.47. The van der Waals surface area contributed by atoms with Gasteiger partial charge in [-0.1, -0.05) is 11.3 Å². The SMILES string of the molecule is CCOC(=O)c1sc(NC(=O)[C@@H]2CC(=O)N(c3ccc(OCC)cc3)C2)nc1C. The Hall–Kier alpha value is -2.94. The number of hydrogen-bond donors (Lipinski definition) is 1. The maximum atomic E-state index is 12.6. The summed E-state index contributed by atoms with van der Waals surface area (Å²) in [5.74, 6) is -0.633. The number of carbonyl (C=O) groups excluding carboxylic acids is 3. The standard InChI is InChI=1S/C20H23N3O5S/c1-4-27-15-8-6-14(7-9-15)23-11-13(10-16(23)24)18(25)22-20-21-12(3)17(29-20)19(26)28-5-2/h6-9,13H,4-5,10-11H2,1-3H3,(H,21,22,25)/t13-/m1/s1.